The van der Waals surface area contributed by atoms with Crippen molar-refractivity contribution in [1.82, 2.24) is 0 Å². The Bertz CT molecular complexity index is 1280. The average molecular weight is 557 g/mol. The van der Waals surface area contributed by atoms with Gasteiger partial charge in [0.25, 0.3) is 0 Å². The number of carbonyl (C=O) groups excluding carboxylic acids is 1. The van der Waals surface area contributed by atoms with Crippen molar-refractivity contribution in [3.8, 4) is 5.75 Å². The molecule has 0 aliphatic heterocycles. The summed E-state index contributed by atoms with van der Waals surface area (Å²) in [6.45, 7) is 9.81. The number of aliphatic hydroxyl groups is 1. The molecular weight excluding hydrogens is 508 g/mol. The molecule has 220 valence electrons. The third-order valence-corrected chi connectivity index (χ3v) is 12.3. The van der Waals surface area contributed by atoms with Crippen molar-refractivity contribution >= 4 is 5.78 Å². The van der Waals surface area contributed by atoms with Crippen molar-refractivity contribution in [1.29, 1.82) is 0 Å². The Morgan fingerprint density at radius 2 is 1.66 bits per heavy atom. The Balaban J connectivity index is 1.19. The van der Waals surface area contributed by atoms with Crippen LogP contribution in [0.3, 0.4) is 0 Å². The molecule has 0 amide bonds. The predicted octanol–water partition coefficient (Wildman–Crippen LogP) is 8.07. The summed E-state index contributed by atoms with van der Waals surface area (Å²) in [7, 11) is 0. The van der Waals surface area contributed by atoms with Gasteiger partial charge in [-0.2, -0.15) is 0 Å². The number of allylic oxidation sites excluding steroid dienone is 1. The molecule has 0 saturated heterocycles. The fourth-order valence-electron chi connectivity index (χ4n) is 9.88. The lowest BCUT2D eigenvalue weighted by Gasteiger charge is -2.60. The molecule has 0 bridgehead atoms. The summed E-state index contributed by atoms with van der Waals surface area (Å²) in [4.78, 5) is 13.5. The van der Waals surface area contributed by atoms with Gasteiger partial charge in [-0.1, -0.05) is 68.0 Å². The molecule has 4 aliphatic carbocycles. The fraction of sp³-hybridized carbons (Fsp3) is 0.595. The van der Waals surface area contributed by atoms with E-state index in [4.69, 9.17) is 9.47 Å². The number of hydrogen-bond acceptors (Lipinski definition) is 4. The molecule has 0 radical (unpaired) electrons. The van der Waals surface area contributed by atoms with Crippen molar-refractivity contribution in [2.24, 2.45) is 34.0 Å². The third kappa shape index (κ3) is 4.79. The second kappa shape index (κ2) is 10.7. The molecule has 4 heteroatoms. The van der Waals surface area contributed by atoms with Crippen molar-refractivity contribution in [2.75, 3.05) is 6.61 Å². The minimum atomic E-state index is -1.12. The highest BCUT2D eigenvalue weighted by atomic mass is 16.6. The molecule has 3 saturated carbocycles. The number of ether oxygens (including phenoxy) is 2. The van der Waals surface area contributed by atoms with E-state index in [1.807, 2.05) is 38.1 Å². The van der Waals surface area contributed by atoms with E-state index in [9.17, 15) is 9.90 Å². The maximum Gasteiger partial charge on any atom is 0.169 e. The van der Waals surface area contributed by atoms with E-state index in [-0.39, 0.29) is 16.2 Å². The zero-order valence-electron chi connectivity index (χ0n) is 25.5. The monoisotopic (exact) mass is 556 g/mol. The Kier molecular flexibility index (Phi) is 7.47. The quantitative estimate of drug-likeness (QED) is 0.264. The van der Waals surface area contributed by atoms with Crippen molar-refractivity contribution in [3.63, 3.8) is 0 Å². The van der Waals surface area contributed by atoms with Gasteiger partial charge in [-0.15, -0.1) is 0 Å². The summed E-state index contributed by atoms with van der Waals surface area (Å²) in [5.41, 5.74) is 3.60. The van der Waals surface area contributed by atoms with E-state index >= 15 is 0 Å². The summed E-state index contributed by atoms with van der Waals surface area (Å²) in [6.07, 6.45) is 11.0. The number of fused-ring (bicyclic) bond motifs is 5. The summed E-state index contributed by atoms with van der Waals surface area (Å²) < 4.78 is 11.8. The van der Waals surface area contributed by atoms with Crippen LogP contribution < -0.4 is 4.74 Å². The van der Waals surface area contributed by atoms with Gasteiger partial charge in [0, 0.05) is 18.3 Å². The van der Waals surface area contributed by atoms with Crippen molar-refractivity contribution < 1.29 is 19.4 Å². The first-order valence-electron chi connectivity index (χ1n) is 16.0. The molecule has 41 heavy (non-hydrogen) atoms. The second-order valence-electron chi connectivity index (χ2n) is 14.0. The lowest BCUT2D eigenvalue weighted by atomic mass is 9.44. The number of benzene rings is 2. The Morgan fingerprint density at radius 1 is 0.927 bits per heavy atom. The van der Waals surface area contributed by atoms with Gasteiger partial charge in [-0.05, 0) is 111 Å². The van der Waals surface area contributed by atoms with Gasteiger partial charge in [-0.3, -0.25) is 4.79 Å². The Labute approximate surface area is 246 Å². The van der Waals surface area contributed by atoms with Gasteiger partial charge in [0.15, 0.2) is 5.79 Å². The molecule has 6 rings (SSSR count). The average Bonchev–Trinajstić information content (AvgIpc) is 3.27. The molecule has 2 aromatic carbocycles. The van der Waals surface area contributed by atoms with Crippen LogP contribution in [0.4, 0.5) is 0 Å². The van der Waals surface area contributed by atoms with Crippen LogP contribution in [0.25, 0.3) is 0 Å². The molecule has 2 aromatic rings. The van der Waals surface area contributed by atoms with Gasteiger partial charge >= 0.3 is 0 Å². The summed E-state index contributed by atoms with van der Waals surface area (Å²) >= 11 is 0. The minimum Gasteiger partial charge on any atom is -0.494 e. The van der Waals surface area contributed by atoms with Crippen LogP contribution in [0.1, 0.15) is 90.2 Å². The van der Waals surface area contributed by atoms with Crippen molar-refractivity contribution in [3.05, 3.63) is 77.4 Å². The molecule has 1 N–H and O–H groups in total. The fourth-order valence-corrected chi connectivity index (χ4v) is 9.88. The summed E-state index contributed by atoms with van der Waals surface area (Å²) in [5, 5.41) is 11.6. The first-order chi connectivity index (χ1) is 19.6. The van der Waals surface area contributed by atoms with Crippen LogP contribution in [-0.4, -0.2) is 23.3 Å². The molecule has 4 nitrogen and oxygen atoms in total. The molecule has 0 heterocycles. The van der Waals surface area contributed by atoms with E-state index < -0.39 is 5.79 Å². The van der Waals surface area contributed by atoms with E-state index in [1.54, 1.807) is 0 Å². The minimum absolute atomic E-state index is 0.0355. The van der Waals surface area contributed by atoms with Crippen LogP contribution in [-0.2, 0) is 22.6 Å². The van der Waals surface area contributed by atoms with Crippen LogP contribution in [0, 0.1) is 34.0 Å². The highest BCUT2D eigenvalue weighted by Crippen LogP contribution is 2.70. The molecule has 0 spiro atoms. The third-order valence-electron chi connectivity index (χ3n) is 12.3. The van der Waals surface area contributed by atoms with Gasteiger partial charge in [0.05, 0.1) is 13.2 Å². The van der Waals surface area contributed by atoms with Gasteiger partial charge in [0.1, 0.15) is 11.5 Å². The first-order valence-corrected chi connectivity index (χ1v) is 16.0. The number of hydrogen-bond donors (Lipinski definition) is 1. The van der Waals surface area contributed by atoms with E-state index in [1.165, 1.54) is 17.6 Å². The lowest BCUT2D eigenvalue weighted by Crippen LogP contribution is -2.55. The zero-order valence-corrected chi connectivity index (χ0v) is 25.5. The topological polar surface area (TPSA) is 55.8 Å². The van der Waals surface area contributed by atoms with Gasteiger partial charge in [-0.25, -0.2) is 0 Å². The molecule has 0 aromatic heterocycles. The molecule has 1 unspecified atom stereocenters. The van der Waals surface area contributed by atoms with Crippen LogP contribution in [0.2, 0.25) is 0 Å². The molecule has 4 aliphatic rings. The van der Waals surface area contributed by atoms with Gasteiger partial charge < -0.3 is 14.6 Å². The second-order valence-corrected chi connectivity index (χ2v) is 14.0. The normalized spacial score (nSPS) is 37.9. The van der Waals surface area contributed by atoms with E-state index in [2.05, 4.69) is 50.3 Å². The lowest BCUT2D eigenvalue weighted by molar-refractivity contribution is -0.231. The van der Waals surface area contributed by atoms with E-state index in [0.717, 1.165) is 49.8 Å². The van der Waals surface area contributed by atoms with Crippen LogP contribution in [0.15, 0.2) is 66.2 Å². The largest absolute Gasteiger partial charge is 0.494 e. The zero-order chi connectivity index (χ0) is 28.9. The number of rotatable bonds is 8. The summed E-state index contributed by atoms with van der Waals surface area (Å²) in [5.74, 6) is 1.91. The Morgan fingerprint density at radius 3 is 2.37 bits per heavy atom. The number of carbonyl (C=O) groups is 1. The van der Waals surface area contributed by atoms with Crippen LogP contribution >= 0.6 is 0 Å². The van der Waals surface area contributed by atoms with Crippen molar-refractivity contribution in [2.45, 2.75) is 97.9 Å². The van der Waals surface area contributed by atoms with Crippen LogP contribution in [0.5, 0.6) is 5.75 Å². The molecular formula is C37H48O4. The maximum atomic E-state index is 13.5. The highest BCUT2D eigenvalue weighted by Gasteiger charge is 2.65. The smallest absolute Gasteiger partial charge is 0.169 e. The SMILES string of the molecule is CCOc1ccc(COC2(O)CC[C@@]3(C)C(=CC[C@@H]4[C@@H]3CC[C@@]3(C)[C@H]4CC[C@]3(Cc3ccccc3)C(C)=O)C2)cc1. The Hall–Kier alpha value is -2.43. The molecule has 3 fully saturated rings. The number of ketones is 1. The number of Topliss-reactive ketones (excluding diaryl/α,β-unsaturated/α-hetero) is 1. The first kappa shape index (κ1) is 28.7. The van der Waals surface area contributed by atoms with Gasteiger partial charge in [0.2, 0.25) is 0 Å². The highest BCUT2D eigenvalue weighted by molar-refractivity contribution is 5.84. The maximum absolute atomic E-state index is 13.5. The van der Waals surface area contributed by atoms with E-state index in [0.29, 0.717) is 49.6 Å². The predicted molar refractivity (Wildman–Crippen MR) is 162 cm³/mol. The summed E-state index contributed by atoms with van der Waals surface area (Å²) in [6, 6.07) is 18.6. The standard InChI is InChI=1S/C37H48O4/c1-5-40-30-14-11-28(12-15-30)25-41-37(39)22-21-34(3)29(24-37)13-16-31-32(34)17-19-35(4)33(31)18-20-36(35,26(2)38)23-27-9-7-6-8-10-27/h6-15,31-33,39H,5,16-25H2,1-4H3/t31-,32+,33+,34+,35+,36+,37?/m1/s1. The molecule has 7 atom stereocenters.